The highest BCUT2D eigenvalue weighted by Gasteiger charge is 2.25. The Morgan fingerprint density at radius 3 is 3.00 bits per heavy atom. The summed E-state index contributed by atoms with van der Waals surface area (Å²) in [6.07, 6.45) is 8.84. The summed E-state index contributed by atoms with van der Waals surface area (Å²) in [5, 5.41) is 12.0. The van der Waals surface area contributed by atoms with Gasteiger partial charge in [-0.25, -0.2) is 0 Å². The van der Waals surface area contributed by atoms with Crippen LogP contribution in [0.2, 0.25) is 0 Å². The van der Waals surface area contributed by atoms with Gasteiger partial charge in [0.05, 0.1) is 6.10 Å². The number of fused-ring (bicyclic) bond motifs is 1. The van der Waals surface area contributed by atoms with Crippen molar-refractivity contribution in [2.75, 3.05) is 7.05 Å². The average Bonchev–Trinajstić information content (AvgIpc) is 2.89. The molecule has 5 heteroatoms. The Morgan fingerprint density at radius 1 is 1.21 bits per heavy atom. The van der Waals surface area contributed by atoms with Crippen molar-refractivity contribution in [3.8, 4) is 0 Å². The first-order valence-corrected chi connectivity index (χ1v) is 7.58. The van der Waals surface area contributed by atoms with Crippen LogP contribution in [0.15, 0.2) is 0 Å². The summed E-state index contributed by atoms with van der Waals surface area (Å²) in [5.41, 5.74) is 0. The van der Waals surface area contributed by atoms with Crippen LogP contribution in [-0.4, -0.2) is 34.0 Å². The monoisotopic (exact) mass is 264 g/mol. The molecule has 2 unspecified atom stereocenters. The SMILES string of the molecule is CNC1CCCCC1OCc1nnc2n1CCCC2. The fourth-order valence-electron chi connectivity index (χ4n) is 3.28. The molecule has 1 fully saturated rings. The van der Waals surface area contributed by atoms with Gasteiger partial charge in [-0.2, -0.15) is 0 Å². The van der Waals surface area contributed by atoms with E-state index in [4.69, 9.17) is 4.74 Å². The summed E-state index contributed by atoms with van der Waals surface area (Å²) in [6, 6.07) is 0.498. The molecule has 1 aliphatic carbocycles. The molecular formula is C14H24N4O. The molecule has 1 aliphatic heterocycles. The van der Waals surface area contributed by atoms with Crippen LogP contribution in [0.5, 0.6) is 0 Å². The normalized spacial score (nSPS) is 27.2. The minimum atomic E-state index is 0.329. The van der Waals surface area contributed by atoms with E-state index in [-0.39, 0.29) is 0 Å². The Labute approximate surface area is 114 Å². The van der Waals surface area contributed by atoms with Crippen molar-refractivity contribution in [2.45, 2.75) is 70.2 Å². The highest BCUT2D eigenvalue weighted by atomic mass is 16.5. The third-order valence-corrected chi connectivity index (χ3v) is 4.44. The van der Waals surface area contributed by atoms with E-state index in [0.29, 0.717) is 18.8 Å². The lowest BCUT2D eigenvalue weighted by molar-refractivity contribution is -0.00792. The molecule has 0 aromatic carbocycles. The fraction of sp³-hybridized carbons (Fsp3) is 0.857. The number of hydrogen-bond donors (Lipinski definition) is 1. The van der Waals surface area contributed by atoms with Gasteiger partial charge in [-0.05, 0) is 32.7 Å². The Bertz CT molecular complexity index is 418. The Hall–Kier alpha value is -0.940. The smallest absolute Gasteiger partial charge is 0.159 e. The van der Waals surface area contributed by atoms with E-state index < -0.39 is 0 Å². The van der Waals surface area contributed by atoms with Gasteiger partial charge in [-0.15, -0.1) is 10.2 Å². The molecule has 19 heavy (non-hydrogen) atoms. The van der Waals surface area contributed by atoms with Crippen molar-refractivity contribution in [2.24, 2.45) is 0 Å². The van der Waals surface area contributed by atoms with Crippen molar-refractivity contribution in [3.05, 3.63) is 11.6 Å². The lowest BCUT2D eigenvalue weighted by Gasteiger charge is -2.31. The number of ether oxygens (including phenoxy) is 1. The summed E-state index contributed by atoms with van der Waals surface area (Å²) in [7, 11) is 2.03. The molecular weight excluding hydrogens is 240 g/mol. The van der Waals surface area contributed by atoms with Crippen molar-refractivity contribution >= 4 is 0 Å². The van der Waals surface area contributed by atoms with Crippen LogP contribution in [0.1, 0.15) is 50.2 Å². The summed E-state index contributed by atoms with van der Waals surface area (Å²) in [5.74, 6) is 2.15. The number of nitrogens with one attached hydrogen (secondary N) is 1. The molecule has 2 heterocycles. The summed E-state index contributed by atoms with van der Waals surface area (Å²) < 4.78 is 8.36. The van der Waals surface area contributed by atoms with E-state index >= 15 is 0 Å². The van der Waals surface area contributed by atoms with Gasteiger partial charge in [0.2, 0.25) is 0 Å². The predicted octanol–water partition coefficient (Wildman–Crippen LogP) is 1.66. The second-order valence-corrected chi connectivity index (χ2v) is 5.67. The highest BCUT2D eigenvalue weighted by Crippen LogP contribution is 2.22. The molecule has 2 aliphatic rings. The molecule has 0 bridgehead atoms. The third-order valence-electron chi connectivity index (χ3n) is 4.44. The van der Waals surface area contributed by atoms with E-state index in [1.165, 1.54) is 32.1 Å². The van der Waals surface area contributed by atoms with E-state index in [2.05, 4.69) is 20.1 Å². The first-order valence-electron chi connectivity index (χ1n) is 7.58. The molecule has 1 aromatic heterocycles. The molecule has 1 saturated carbocycles. The van der Waals surface area contributed by atoms with Gasteiger partial charge in [-0.3, -0.25) is 0 Å². The van der Waals surface area contributed by atoms with E-state index in [9.17, 15) is 0 Å². The molecule has 0 spiro atoms. The van der Waals surface area contributed by atoms with Crippen molar-refractivity contribution in [3.63, 3.8) is 0 Å². The van der Waals surface area contributed by atoms with Crippen LogP contribution in [0.4, 0.5) is 0 Å². The first-order chi connectivity index (χ1) is 9.38. The van der Waals surface area contributed by atoms with Gasteiger partial charge in [-0.1, -0.05) is 12.8 Å². The van der Waals surface area contributed by atoms with Gasteiger partial charge in [0.15, 0.2) is 5.82 Å². The Balaban J connectivity index is 1.61. The standard InChI is InChI=1S/C14H24N4O/c1-15-11-6-2-3-7-12(11)19-10-14-17-16-13-8-4-5-9-18(13)14/h11-12,15H,2-10H2,1H3. The van der Waals surface area contributed by atoms with Gasteiger partial charge < -0.3 is 14.6 Å². The Kier molecular flexibility index (Phi) is 4.13. The summed E-state index contributed by atoms with van der Waals surface area (Å²) >= 11 is 0. The van der Waals surface area contributed by atoms with E-state index in [1.807, 2.05) is 7.05 Å². The number of aromatic nitrogens is 3. The summed E-state index contributed by atoms with van der Waals surface area (Å²) in [4.78, 5) is 0. The zero-order chi connectivity index (χ0) is 13.1. The van der Waals surface area contributed by atoms with Gasteiger partial charge in [0, 0.05) is 19.0 Å². The van der Waals surface area contributed by atoms with Gasteiger partial charge in [0.25, 0.3) is 0 Å². The zero-order valence-corrected chi connectivity index (χ0v) is 11.8. The molecule has 0 saturated heterocycles. The van der Waals surface area contributed by atoms with Crippen LogP contribution >= 0.6 is 0 Å². The maximum Gasteiger partial charge on any atom is 0.159 e. The minimum Gasteiger partial charge on any atom is -0.369 e. The third kappa shape index (κ3) is 2.82. The maximum absolute atomic E-state index is 6.11. The van der Waals surface area contributed by atoms with E-state index in [0.717, 1.165) is 31.0 Å². The first kappa shape index (κ1) is 13.1. The molecule has 3 rings (SSSR count). The number of likely N-dealkylation sites (N-methyl/N-ethyl adjacent to an activating group) is 1. The number of hydrogen-bond acceptors (Lipinski definition) is 4. The fourth-order valence-corrected chi connectivity index (χ4v) is 3.28. The number of nitrogens with zero attached hydrogens (tertiary/aromatic N) is 3. The highest BCUT2D eigenvalue weighted by molar-refractivity contribution is 4.98. The Morgan fingerprint density at radius 2 is 2.11 bits per heavy atom. The maximum atomic E-state index is 6.11. The van der Waals surface area contributed by atoms with Crippen molar-refractivity contribution in [1.82, 2.24) is 20.1 Å². The predicted molar refractivity (Wildman–Crippen MR) is 72.9 cm³/mol. The molecule has 1 N–H and O–H groups in total. The van der Waals surface area contributed by atoms with Gasteiger partial charge in [0.1, 0.15) is 12.4 Å². The molecule has 5 nitrogen and oxygen atoms in total. The van der Waals surface area contributed by atoms with Crippen molar-refractivity contribution in [1.29, 1.82) is 0 Å². The average molecular weight is 264 g/mol. The minimum absolute atomic E-state index is 0.329. The largest absolute Gasteiger partial charge is 0.369 e. The molecule has 2 atom stereocenters. The quantitative estimate of drug-likeness (QED) is 0.898. The lowest BCUT2D eigenvalue weighted by atomic mass is 9.92. The second-order valence-electron chi connectivity index (χ2n) is 5.67. The van der Waals surface area contributed by atoms with Crippen LogP contribution in [0.3, 0.4) is 0 Å². The topological polar surface area (TPSA) is 52.0 Å². The molecule has 106 valence electrons. The van der Waals surface area contributed by atoms with Crippen molar-refractivity contribution < 1.29 is 4.74 Å². The van der Waals surface area contributed by atoms with E-state index in [1.54, 1.807) is 0 Å². The van der Waals surface area contributed by atoms with Gasteiger partial charge >= 0.3 is 0 Å². The van der Waals surface area contributed by atoms with Crippen LogP contribution in [0.25, 0.3) is 0 Å². The molecule has 0 amide bonds. The zero-order valence-electron chi connectivity index (χ0n) is 11.8. The number of aryl methyl sites for hydroxylation is 1. The van der Waals surface area contributed by atoms with Crippen LogP contribution < -0.4 is 5.32 Å². The molecule has 0 radical (unpaired) electrons. The molecule has 1 aromatic rings. The number of rotatable bonds is 4. The lowest BCUT2D eigenvalue weighted by Crippen LogP contribution is -2.41. The van der Waals surface area contributed by atoms with Crippen LogP contribution in [0, 0.1) is 0 Å². The second kappa shape index (κ2) is 6.01. The summed E-state index contributed by atoms with van der Waals surface area (Å²) in [6.45, 7) is 1.66. The van der Waals surface area contributed by atoms with Crippen LogP contribution in [-0.2, 0) is 24.3 Å².